The molecule has 22 heavy (non-hydrogen) atoms. The van der Waals surface area contributed by atoms with E-state index in [9.17, 15) is 0 Å². The molecule has 0 saturated carbocycles. The fourth-order valence-electron chi connectivity index (χ4n) is 2.90. The summed E-state index contributed by atoms with van der Waals surface area (Å²) in [6, 6.07) is 6.88. The second-order valence-electron chi connectivity index (χ2n) is 6.18. The summed E-state index contributed by atoms with van der Waals surface area (Å²) in [7, 11) is 0. The number of morpholine rings is 1. The molecule has 0 radical (unpaired) electrons. The largest absolute Gasteiger partial charge is 0.424 e. The molecule has 1 fully saturated rings. The molecule has 5 heteroatoms. The van der Waals surface area contributed by atoms with Gasteiger partial charge in [-0.05, 0) is 31.9 Å². The van der Waals surface area contributed by atoms with Gasteiger partial charge in [-0.2, -0.15) is 0 Å². The Morgan fingerprint density at radius 1 is 1.23 bits per heavy atom. The predicted molar refractivity (Wildman–Crippen MR) is 83.5 cm³/mol. The van der Waals surface area contributed by atoms with Crippen LogP contribution < -0.4 is 0 Å². The van der Waals surface area contributed by atoms with Gasteiger partial charge in [0, 0.05) is 19.5 Å². The molecule has 2 atom stereocenters. The smallest absolute Gasteiger partial charge is 0.230 e. The normalized spacial score (nSPS) is 22.9. The van der Waals surface area contributed by atoms with Crippen molar-refractivity contribution < 1.29 is 9.15 Å². The van der Waals surface area contributed by atoms with Crippen LogP contribution in [0, 0.1) is 20.8 Å². The molecular weight excluding hydrogens is 278 g/mol. The van der Waals surface area contributed by atoms with Gasteiger partial charge in [-0.1, -0.05) is 23.8 Å². The average molecular weight is 301 g/mol. The quantitative estimate of drug-likeness (QED) is 0.872. The molecule has 0 bridgehead atoms. The first-order valence-electron chi connectivity index (χ1n) is 7.74. The van der Waals surface area contributed by atoms with Crippen molar-refractivity contribution in [3.8, 4) is 0 Å². The summed E-state index contributed by atoms with van der Waals surface area (Å²) in [6.07, 6.45) is 0.0973. The van der Waals surface area contributed by atoms with Crippen molar-refractivity contribution in [3.05, 3.63) is 46.7 Å². The first-order valence-corrected chi connectivity index (χ1v) is 7.74. The minimum absolute atomic E-state index is 0.0973. The molecule has 1 aliphatic heterocycles. The molecule has 0 spiro atoms. The Bertz CT molecular complexity index is 653. The highest BCUT2D eigenvalue weighted by molar-refractivity contribution is 5.32. The van der Waals surface area contributed by atoms with Gasteiger partial charge in [-0.15, -0.1) is 10.2 Å². The maximum absolute atomic E-state index is 6.08. The highest BCUT2D eigenvalue weighted by Gasteiger charge is 2.29. The topological polar surface area (TPSA) is 51.4 Å². The fraction of sp³-hybridized carbons (Fsp3) is 0.529. The summed E-state index contributed by atoms with van der Waals surface area (Å²) in [5.41, 5.74) is 3.82. The summed E-state index contributed by atoms with van der Waals surface area (Å²) >= 11 is 0. The fourth-order valence-corrected chi connectivity index (χ4v) is 2.90. The summed E-state index contributed by atoms with van der Waals surface area (Å²) in [4.78, 5) is 2.35. The minimum Gasteiger partial charge on any atom is -0.424 e. The van der Waals surface area contributed by atoms with Gasteiger partial charge in [0.2, 0.25) is 11.8 Å². The highest BCUT2D eigenvalue weighted by atomic mass is 16.5. The van der Waals surface area contributed by atoms with E-state index in [1.165, 1.54) is 16.7 Å². The number of nitrogens with zero attached hydrogens (tertiary/aromatic N) is 3. The van der Waals surface area contributed by atoms with Crippen LogP contribution in [0.5, 0.6) is 0 Å². The molecule has 5 nitrogen and oxygen atoms in total. The number of hydrogen-bond acceptors (Lipinski definition) is 5. The molecule has 0 N–H and O–H groups in total. The molecule has 1 aromatic heterocycles. The molecule has 2 aromatic rings. The van der Waals surface area contributed by atoms with E-state index in [4.69, 9.17) is 9.15 Å². The Labute approximate surface area is 131 Å². The minimum atomic E-state index is 0.0973. The van der Waals surface area contributed by atoms with Crippen LogP contribution in [0.3, 0.4) is 0 Å². The molecule has 118 valence electrons. The maximum atomic E-state index is 6.08. The molecule has 0 amide bonds. The number of ether oxygens (including phenoxy) is 1. The van der Waals surface area contributed by atoms with E-state index in [2.05, 4.69) is 54.1 Å². The lowest BCUT2D eigenvalue weighted by molar-refractivity contribution is -0.0658. The highest BCUT2D eigenvalue weighted by Crippen LogP contribution is 2.28. The Morgan fingerprint density at radius 2 is 2.05 bits per heavy atom. The lowest BCUT2D eigenvalue weighted by Crippen LogP contribution is -2.44. The van der Waals surface area contributed by atoms with Gasteiger partial charge in [0.25, 0.3) is 0 Å². The lowest BCUT2D eigenvalue weighted by Gasteiger charge is -2.37. The van der Waals surface area contributed by atoms with Crippen LogP contribution in [0.4, 0.5) is 0 Å². The van der Waals surface area contributed by atoms with Crippen LogP contribution in [0.25, 0.3) is 0 Å². The third kappa shape index (κ3) is 3.20. The first-order chi connectivity index (χ1) is 10.5. The zero-order valence-electron chi connectivity index (χ0n) is 13.7. The van der Waals surface area contributed by atoms with Crippen molar-refractivity contribution in [2.24, 2.45) is 0 Å². The van der Waals surface area contributed by atoms with E-state index >= 15 is 0 Å². The van der Waals surface area contributed by atoms with Crippen LogP contribution in [0.15, 0.2) is 22.6 Å². The van der Waals surface area contributed by atoms with E-state index in [-0.39, 0.29) is 6.10 Å². The lowest BCUT2D eigenvalue weighted by atomic mass is 9.99. The van der Waals surface area contributed by atoms with Gasteiger partial charge < -0.3 is 9.15 Å². The average Bonchev–Trinajstić information content (AvgIpc) is 2.89. The standard InChI is InChI=1S/C17H23N3O2/c1-11-5-6-12(2)15(7-11)16-8-20(13(3)10-21-16)9-17-19-18-14(4)22-17/h5-7,13,16H,8-10H2,1-4H3/t13-,16-/m0/s1. The SMILES string of the molecule is Cc1ccc(C)c([C@@H]2CN(Cc3nnc(C)o3)[C@@H](C)CO2)c1. The number of aromatic nitrogens is 2. The van der Waals surface area contributed by atoms with Crippen molar-refractivity contribution in [2.45, 2.75) is 46.4 Å². The molecule has 3 rings (SSSR count). The zero-order valence-corrected chi connectivity index (χ0v) is 13.7. The van der Waals surface area contributed by atoms with E-state index < -0.39 is 0 Å². The van der Waals surface area contributed by atoms with Crippen molar-refractivity contribution in [1.29, 1.82) is 0 Å². The Morgan fingerprint density at radius 3 is 2.77 bits per heavy atom. The summed E-state index contributed by atoms with van der Waals surface area (Å²) < 4.78 is 11.6. The number of aryl methyl sites for hydroxylation is 3. The van der Waals surface area contributed by atoms with Crippen LogP contribution in [0.2, 0.25) is 0 Å². The Hall–Kier alpha value is -1.72. The number of benzene rings is 1. The third-order valence-corrected chi connectivity index (χ3v) is 4.25. The van der Waals surface area contributed by atoms with Crippen LogP contribution >= 0.6 is 0 Å². The summed E-state index contributed by atoms with van der Waals surface area (Å²) in [6.45, 7) is 10.5. The van der Waals surface area contributed by atoms with Gasteiger partial charge in [-0.25, -0.2) is 0 Å². The molecule has 1 saturated heterocycles. The van der Waals surface area contributed by atoms with Crippen molar-refractivity contribution in [2.75, 3.05) is 13.2 Å². The second-order valence-corrected chi connectivity index (χ2v) is 6.18. The number of rotatable bonds is 3. The third-order valence-electron chi connectivity index (χ3n) is 4.25. The Balaban J connectivity index is 1.76. The van der Waals surface area contributed by atoms with E-state index in [1.807, 2.05) is 6.92 Å². The van der Waals surface area contributed by atoms with Crippen LogP contribution in [0.1, 0.15) is 41.5 Å². The first kappa shape index (κ1) is 15.2. The van der Waals surface area contributed by atoms with E-state index in [0.717, 1.165) is 6.54 Å². The predicted octanol–water partition coefficient (Wildman–Crippen LogP) is 2.96. The second kappa shape index (κ2) is 6.18. The maximum Gasteiger partial charge on any atom is 0.230 e. The van der Waals surface area contributed by atoms with Crippen LogP contribution in [-0.4, -0.2) is 34.3 Å². The summed E-state index contributed by atoms with van der Waals surface area (Å²) in [5.74, 6) is 1.29. The van der Waals surface area contributed by atoms with Crippen molar-refractivity contribution in [3.63, 3.8) is 0 Å². The van der Waals surface area contributed by atoms with Gasteiger partial charge >= 0.3 is 0 Å². The van der Waals surface area contributed by atoms with Gasteiger partial charge in [0.15, 0.2) is 0 Å². The van der Waals surface area contributed by atoms with Crippen LogP contribution in [-0.2, 0) is 11.3 Å². The molecule has 0 aliphatic carbocycles. The van der Waals surface area contributed by atoms with Crippen molar-refractivity contribution in [1.82, 2.24) is 15.1 Å². The van der Waals surface area contributed by atoms with Crippen molar-refractivity contribution >= 4 is 0 Å². The van der Waals surface area contributed by atoms with Gasteiger partial charge in [0.05, 0.1) is 19.3 Å². The molecular formula is C17H23N3O2. The molecule has 1 aliphatic rings. The molecule has 2 heterocycles. The van der Waals surface area contributed by atoms with E-state index in [1.54, 1.807) is 0 Å². The van der Waals surface area contributed by atoms with E-state index in [0.29, 0.717) is 31.0 Å². The van der Waals surface area contributed by atoms with Gasteiger partial charge in [0.1, 0.15) is 0 Å². The summed E-state index contributed by atoms with van der Waals surface area (Å²) in [5, 5.41) is 8.01. The van der Waals surface area contributed by atoms with Gasteiger partial charge in [-0.3, -0.25) is 4.90 Å². The number of hydrogen-bond donors (Lipinski definition) is 0. The monoisotopic (exact) mass is 301 g/mol. The molecule has 1 aromatic carbocycles. The zero-order chi connectivity index (χ0) is 15.7. The Kier molecular flexibility index (Phi) is 4.27. The molecule has 0 unspecified atom stereocenters.